The first-order valence-corrected chi connectivity index (χ1v) is 14.3. The number of anilines is 1. The molecule has 0 aromatic heterocycles. The fourth-order valence-corrected chi connectivity index (χ4v) is 5.88. The highest BCUT2D eigenvalue weighted by atomic mass is 35.5. The minimum atomic E-state index is -1.15. The largest absolute Gasteiger partial charge is 0.478 e. The van der Waals surface area contributed by atoms with Crippen LogP contribution in [0.25, 0.3) is 5.57 Å². The van der Waals surface area contributed by atoms with Gasteiger partial charge in [-0.25, -0.2) is 9.18 Å². The Morgan fingerprint density at radius 3 is 2.42 bits per heavy atom. The van der Waals surface area contributed by atoms with Crippen molar-refractivity contribution < 1.29 is 19.0 Å². The quantitative estimate of drug-likeness (QED) is 0.303. The molecule has 0 unspecified atom stereocenters. The monoisotopic (exact) mass is 582 g/mol. The minimum Gasteiger partial charge on any atom is -0.478 e. The van der Waals surface area contributed by atoms with Crippen LogP contribution in [0.5, 0.6) is 11.5 Å². The molecule has 0 atom stereocenters. The Balaban J connectivity index is 1.31. The van der Waals surface area contributed by atoms with E-state index in [1.165, 1.54) is 47.4 Å². The van der Waals surface area contributed by atoms with Crippen LogP contribution in [0.3, 0.4) is 0 Å². The third kappa shape index (κ3) is 6.46. The van der Waals surface area contributed by atoms with Gasteiger partial charge in [0.2, 0.25) is 0 Å². The van der Waals surface area contributed by atoms with Crippen LogP contribution in [0.2, 0.25) is 10.0 Å². The van der Waals surface area contributed by atoms with Gasteiger partial charge < -0.3 is 14.7 Å². The normalized spacial score (nSPS) is 17.7. The van der Waals surface area contributed by atoms with Gasteiger partial charge in [-0.15, -0.1) is 0 Å². The van der Waals surface area contributed by atoms with Crippen molar-refractivity contribution in [2.45, 2.75) is 33.1 Å². The molecule has 0 radical (unpaired) electrons. The van der Waals surface area contributed by atoms with Gasteiger partial charge in [-0.3, -0.25) is 4.90 Å². The Hall–Kier alpha value is -3.06. The van der Waals surface area contributed by atoms with Crippen molar-refractivity contribution in [1.82, 2.24) is 4.90 Å². The lowest BCUT2D eigenvalue weighted by molar-refractivity contribution is 0.0694. The number of halogens is 3. The van der Waals surface area contributed by atoms with Crippen LogP contribution in [0.1, 0.15) is 49.0 Å². The van der Waals surface area contributed by atoms with Crippen molar-refractivity contribution >= 4 is 40.4 Å². The van der Waals surface area contributed by atoms with Crippen molar-refractivity contribution in [3.05, 3.63) is 93.2 Å². The standard InChI is InChI=1S/C32H33Cl2FN2O3/c1-32(2)13-12-22(26(19-32)21-6-8-23(33)9-7-21)20-36-14-16-37(17-15-36)24-10-11-25(31(38)39)29(18-24)40-30-27(34)4-3-5-28(30)35/h3-11,18H,12-17,19-20H2,1-2H3,(H,38,39). The molecule has 1 saturated heterocycles. The van der Waals surface area contributed by atoms with E-state index in [1.54, 1.807) is 12.1 Å². The summed E-state index contributed by atoms with van der Waals surface area (Å²) in [4.78, 5) is 16.5. The summed E-state index contributed by atoms with van der Waals surface area (Å²) in [5.41, 5.74) is 5.24. The van der Waals surface area contributed by atoms with Crippen molar-refractivity contribution in [1.29, 1.82) is 0 Å². The molecule has 8 heteroatoms. The summed E-state index contributed by atoms with van der Waals surface area (Å²) < 4.78 is 20.1. The van der Waals surface area contributed by atoms with Crippen molar-refractivity contribution in [3.63, 3.8) is 0 Å². The fourth-order valence-electron chi connectivity index (χ4n) is 5.56. The van der Waals surface area contributed by atoms with Crippen LogP contribution in [0.15, 0.2) is 66.2 Å². The Morgan fingerprint density at radius 2 is 1.75 bits per heavy atom. The van der Waals surface area contributed by atoms with Crippen LogP contribution in [-0.2, 0) is 0 Å². The smallest absolute Gasteiger partial charge is 0.339 e. The Labute approximate surface area is 244 Å². The maximum absolute atomic E-state index is 14.4. The lowest BCUT2D eigenvalue weighted by Crippen LogP contribution is -2.47. The van der Waals surface area contributed by atoms with E-state index < -0.39 is 11.8 Å². The third-order valence-corrected chi connectivity index (χ3v) is 8.41. The summed E-state index contributed by atoms with van der Waals surface area (Å²) in [5, 5.41) is 10.5. The highest BCUT2D eigenvalue weighted by molar-refractivity contribution is 6.32. The summed E-state index contributed by atoms with van der Waals surface area (Å²) in [6, 6.07) is 17.3. The first kappa shape index (κ1) is 28.5. The summed E-state index contributed by atoms with van der Waals surface area (Å²) in [6.07, 6.45) is 3.31. The number of carbonyl (C=O) groups is 1. The maximum Gasteiger partial charge on any atom is 0.339 e. The molecule has 3 aromatic carbocycles. The van der Waals surface area contributed by atoms with Crippen molar-refractivity contribution in [2.75, 3.05) is 37.6 Å². The molecule has 1 heterocycles. The van der Waals surface area contributed by atoms with Gasteiger partial charge in [-0.2, -0.15) is 0 Å². The molecular formula is C32H33Cl2FN2O3. The lowest BCUT2D eigenvalue weighted by atomic mass is 9.72. The number of carboxylic acid groups (broad SMARTS) is 1. The second kappa shape index (κ2) is 11.8. The Kier molecular flexibility index (Phi) is 8.41. The van der Waals surface area contributed by atoms with E-state index in [4.69, 9.17) is 27.9 Å². The number of ether oxygens (including phenoxy) is 1. The highest BCUT2D eigenvalue weighted by Crippen LogP contribution is 2.43. The van der Waals surface area contributed by atoms with Gasteiger partial charge in [-0.1, -0.05) is 60.8 Å². The summed E-state index contributed by atoms with van der Waals surface area (Å²) in [6.45, 7) is 8.91. The second-order valence-electron chi connectivity index (χ2n) is 11.3. The molecule has 1 fully saturated rings. The molecule has 1 N–H and O–H groups in total. The number of allylic oxidation sites excluding steroid dienone is 1. The molecule has 5 rings (SSSR count). The molecule has 3 aromatic rings. The summed E-state index contributed by atoms with van der Waals surface area (Å²) in [7, 11) is 0. The van der Waals surface area contributed by atoms with Crippen molar-refractivity contribution in [3.8, 4) is 11.5 Å². The molecule has 2 aliphatic rings. The first-order valence-electron chi connectivity index (χ1n) is 13.5. The van der Waals surface area contributed by atoms with Gasteiger partial charge in [0.25, 0.3) is 0 Å². The summed E-state index contributed by atoms with van der Waals surface area (Å²) >= 11 is 12.3. The van der Waals surface area contributed by atoms with E-state index in [2.05, 4.69) is 35.8 Å². The Bertz CT molecular complexity index is 1410. The zero-order valence-corrected chi connectivity index (χ0v) is 24.2. The number of carboxylic acids is 1. The molecule has 0 saturated carbocycles. The number of para-hydroxylation sites is 1. The molecule has 0 bridgehead atoms. The van der Waals surface area contributed by atoms with E-state index in [0.29, 0.717) is 0 Å². The van der Waals surface area contributed by atoms with Gasteiger partial charge in [-0.05, 0) is 72.2 Å². The molecule has 1 aliphatic heterocycles. The molecule has 1 aliphatic carbocycles. The molecule has 5 nitrogen and oxygen atoms in total. The van der Waals surface area contributed by atoms with Gasteiger partial charge in [0.15, 0.2) is 11.6 Å². The van der Waals surface area contributed by atoms with Crippen LogP contribution in [0, 0.1) is 11.2 Å². The number of hydrogen-bond acceptors (Lipinski definition) is 4. The Morgan fingerprint density at radius 1 is 1.02 bits per heavy atom. The first-order chi connectivity index (χ1) is 19.1. The molecule has 0 amide bonds. The van der Waals surface area contributed by atoms with E-state index >= 15 is 0 Å². The number of rotatable bonds is 7. The highest BCUT2D eigenvalue weighted by Gasteiger charge is 2.29. The molecule has 0 spiro atoms. The fraction of sp³-hybridized carbons (Fsp3) is 0.344. The molecular weight excluding hydrogens is 550 g/mol. The summed E-state index contributed by atoms with van der Waals surface area (Å²) in [5.74, 6) is -1.93. The van der Waals surface area contributed by atoms with Gasteiger partial charge in [0.1, 0.15) is 11.3 Å². The zero-order chi connectivity index (χ0) is 28.4. The number of piperazine rings is 1. The van der Waals surface area contributed by atoms with E-state index in [1.807, 2.05) is 12.1 Å². The predicted octanol–water partition coefficient (Wildman–Crippen LogP) is 8.41. The lowest BCUT2D eigenvalue weighted by Gasteiger charge is -2.39. The van der Waals surface area contributed by atoms with E-state index in [9.17, 15) is 14.3 Å². The van der Waals surface area contributed by atoms with E-state index in [-0.39, 0.29) is 27.5 Å². The number of nitrogens with zero attached hydrogens (tertiary/aromatic N) is 2. The topological polar surface area (TPSA) is 53.0 Å². The van der Waals surface area contributed by atoms with Gasteiger partial charge in [0.05, 0.1) is 5.02 Å². The predicted molar refractivity (Wildman–Crippen MR) is 160 cm³/mol. The molecule has 40 heavy (non-hydrogen) atoms. The van der Waals surface area contributed by atoms with Crippen LogP contribution in [-0.4, -0.2) is 48.7 Å². The number of aromatic carboxylic acids is 1. The van der Waals surface area contributed by atoms with Gasteiger partial charge in [0, 0.05) is 49.5 Å². The van der Waals surface area contributed by atoms with E-state index in [0.717, 1.165) is 56.3 Å². The maximum atomic E-state index is 14.4. The minimum absolute atomic E-state index is 0.0522. The molecule has 210 valence electrons. The second-order valence-corrected chi connectivity index (χ2v) is 12.2. The number of benzene rings is 3. The SMILES string of the molecule is CC1(C)CCC(CN2CCN(c3ccc(C(=O)O)c(Oc4c(F)cccc4Cl)c3)CC2)=C(c2ccc(Cl)cc2)C1. The average molecular weight is 584 g/mol. The van der Waals surface area contributed by atoms with Crippen LogP contribution < -0.4 is 9.64 Å². The van der Waals surface area contributed by atoms with Gasteiger partial charge >= 0.3 is 5.97 Å². The van der Waals surface area contributed by atoms with Crippen LogP contribution >= 0.6 is 23.2 Å². The third-order valence-electron chi connectivity index (χ3n) is 7.86. The zero-order valence-electron chi connectivity index (χ0n) is 22.7. The number of hydrogen-bond donors (Lipinski definition) is 1. The van der Waals surface area contributed by atoms with Crippen LogP contribution in [0.4, 0.5) is 10.1 Å². The van der Waals surface area contributed by atoms with Crippen molar-refractivity contribution in [2.24, 2.45) is 5.41 Å². The average Bonchev–Trinajstić information content (AvgIpc) is 2.92.